The summed E-state index contributed by atoms with van der Waals surface area (Å²) in [6.07, 6.45) is 0. The Bertz CT molecular complexity index is 974. The Labute approximate surface area is 141 Å². The van der Waals surface area contributed by atoms with Crippen molar-refractivity contribution in [1.82, 2.24) is 4.98 Å². The molecule has 0 aliphatic heterocycles. The molecule has 3 nitrogen and oxygen atoms in total. The number of aromatic nitrogens is 1. The van der Waals surface area contributed by atoms with Gasteiger partial charge in [-0.3, -0.25) is 10.1 Å². The molecule has 0 saturated heterocycles. The number of amides is 1. The molecule has 2 aromatic heterocycles. The fraction of sp³-hybridized carbons (Fsp3) is 0. The summed E-state index contributed by atoms with van der Waals surface area (Å²) in [6.45, 7) is 0. The number of nitrogens with one attached hydrogen (secondary N) is 1. The van der Waals surface area contributed by atoms with Gasteiger partial charge in [0.2, 0.25) is 0 Å². The summed E-state index contributed by atoms with van der Waals surface area (Å²) in [5.74, 6) is -0.136. The van der Waals surface area contributed by atoms with Crippen LogP contribution in [-0.4, -0.2) is 10.9 Å². The van der Waals surface area contributed by atoms with Crippen molar-refractivity contribution < 1.29 is 4.79 Å². The molecule has 0 atom stereocenters. The zero-order chi connectivity index (χ0) is 15.6. The molecule has 0 bridgehead atoms. The van der Waals surface area contributed by atoms with Crippen LogP contribution in [0.15, 0.2) is 65.4 Å². The second-order valence-electron chi connectivity index (χ2n) is 5.03. The van der Waals surface area contributed by atoms with Crippen LogP contribution in [0.1, 0.15) is 10.4 Å². The molecule has 1 amide bonds. The average Bonchev–Trinajstić information content (AvgIpc) is 3.25. The van der Waals surface area contributed by atoms with Gasteiger partial charge >= 0.3 is 0 Å². The standard InChI is InChI=1S/C18H12N2OS2/c21-17(14-8-7-12-4-1-2-5-13(12)10-14)20-18-19-15(11-23-18)16-6-3-9-22-16/h1-11H,(H,19,20,21). The van der Waals surface area contributed by atoms with Gasteiger partial charge in [-0.15, -0.1) is 22.7 Å². The summed E-state index contributed by atoms with van der Waals surface area (Å²) in [5, 5.41) is 9.65. The Balaban J connectivity index is 1.57. The van der Waals surface area contributed by atoms with Gasteiger partial charge in [-0.05, 0) is 34.4 Å². The number of fused-ring (bicyclic) bond motifs is 1. The number of thiophene rings is 1. The molecular formula is C18H12N2OS2. The van der Waals surface area contributed by atoms with E-state index >= 15 is 0 Å². The highest BCUT2D eigenvalue weighted by molar-refractivity contribution is 7.16. The van der Waals surface area contributed by atoms with Crippen LogP contribution in [0.3, 0.4) is 0 Å². The van der Waals surface area contributed by atoms with Gasteiger partial charge in [0.25, 0.3) is 5.91 Å². The van der Waals surface area contributed by atoms with Crippen LogP contribution in [0.4, 0.5) is 5.13 Å². The minimum Gasteiger partial charge on any atom is -0.298 e. The van der Waals surface area contributed by atoms with E-state index in [1.165, 1.54) is 11.3 Å². The van der Waals surface area contributed by atoms with Gasteiger partial charge in [-0.2, -0.15) is 0 Å². The highest BCUT2D eigenvalue weighted by Crippen LogP contribution is 2.28. The smallest absolute Gasteiger partial charge is 0.257 e. The van der Waals surface area contributed by atoms with Crippen molar-refractivity contribution in [3.8, 4) is 10.6 Å². The summed E-state index contributed by atoms with van der Waals surface area (Å²) in [7, 11) is 0. The molecule has 2 aromatic carbocycles. The number of nitrogens with zero attached hydrogens (tertiary/aromatic N) is 1. The molecule has 23 heavy (non-hydrogen) atoms. The molecule has 0 aliphatic rings. The van der Waals surface area contributed by atoms with Crippen LogP contribution in [0.2, 0.25) is 0 Å². The van der Waals surface area contributed by atoms with Crippen molar-refractivity contribution in [2.75, 3.05) is 5.32 Å². The van der Waals surface area contributed by atoms with Crippen LogP contribution < -0.4 is 5.32 Å². The van der Waals surface area contributed by atoms with Crippen molar-refractivity contribution in [2.24, 2.45) is 0 Å². The molecular weight excluding hydrogens is 324 g/mol. The summed E-state index contributed by atoms with van der Waals surface area (Å²) >= 11 is 3.08. The third kappa shape index (κ3) is 2.88. The number of hydrogen-bond acceptors (Lipinski definition) is 4. The van der Waals surface area contributed by atoms with Crippen molar-refractivity contribution >= 4 is 44.5 Å². The highest BCUT2D eigenvalue weighted by Gasteiger charge is 2.11. The molecule has 5 heteroatoms. The van der Waals surface area contributed by atoms with E-state index < -0.39 is 0 Å². The molecule has 4 aromatic rings. The molecule has 112 valence electrons. The van der Waals surface area contributed by atoms with Gasteiger partial charge < -0.3 is 0 Å². The van der Waals surface area contributed by atoms with Crippen LogP contribution in [0, 0.1) is 0 Å². The zero-order valence-corrected chi connectivity index (χ0v) is 13.7. The number of benzene rings is 2. The van der Waals surface area contributed by atoms with Crippen LogP contribution >= 0.6 is 22.7 Å². The molecule has 0 spiro atoms. The van der Waals surface area contributed by atoms with E-state index in [2.05, 4.69) is 10.3 Å². The minimum atomic E-state index is -0.136. The first-order valence-electron chi connectivity index (χ1n) is 7.09. The first-order chi connectivity index (χ1) is 11.3. The average molecular weight is 336 g/mol. The second-order valence-corrected chi connectivity index (χ2v) is 6.84. The maximum atomic E-state index is 12.4. The molecule has 2 heterocycles. The Kier molecular flexibility index (Phi) is 3.65. The van der Waals surface area contributed by atoms with E-state index in [-0.39, 0.29) is 5.91 Å². The first kappa shape index (κ1) is 14.1. The van der Waals surface area contributed by atoms with E-state index in [1.807, 2.05) is 65.4 Å². The summed E-state index contributed by atoms with van der Waals surface area (Å²) in [4.78, 5) is 18.0. The third-order valence-electron chi connectivity index (χ3n) is 3.51. The van der Waals surface area contributed by atoms with Gasteiger partial charge in [-0.25, -0.2) is 4.98 Å². The number of carbonyl (C=O) groups excluding carboxylic acids is 1. The molecule has 4 rings (SSSR count). The monoisotopic (exact) mass is 336 g/mol. The van der Waals surface area contributed by atoms with E-state index in [4.69, 9.17) is 0 Å². The maximum Gasteiger partial charge on any atom is 0.257 e. The third-order valence-corrected chi connectivity index (χ3v) is 5.16. The Morgan fingerprint density at radius 1 is 0.957 bits per heavy atom. The van der Waals surface area contributed by atoms with E-state index in [0.29, 0.717) is 10.7 Å². The van der Waals surface area contributed by atoms with E-state index in [1.54, 1.807) is 11.3 Å². The Hall–Kier alpha value is -2.50. The number of anilines is 1. The number of hydrogen-bond donors (Lipinski definition) is 1. The Morgan fingerprint density at radius 3 is 2.65 bits per heavy atom. The fourth-order valence-corrected chi connectivity index (χ4v) is 3.83. The topological polar surface area (TPSA) is 42.0 Å². The van der Waals surface area contributed by atoms with Crippen LogP contribution in [-0.2, 0) is 0 Å². The quantitative estimate of drug-likeness (QED) is 0.553. The molecule has 0 aliphatic carbocycles. The maximum absolute atomic E-state index is 12.4. The normalized spacial score (nSPS) is 10.8. The Morgan fingerprint density at radius 2 is 1.83 bits per heavy atom. The molecule has 0 radical (unpaired) electrons. The molecule has 0 fully saturated rings. The molecule has 0 saturated carbocycles. The fourth-order valence-electron chi connectivity index (χ4n) is 2.37. The van der Waals surface area contributed by atoms with Gasteiger partial charge in [0.05, 0.1) is 10.6 Å². The molecule has 0 unspecified atom stereocenters. The largest absolute Gasteiger partial charge is 0.298 e. The second kappa shape index (κ2) is 5.95. The van der Waals surface area contributed by atoms with Crippen molar-refractivity contribution in [1.29, 1.82) is 0 Å². The lowest BCUT2D eigenvalue weighted by molar-refractivity contribution is 0.102. The first-order valence-corrected chi connectivity index (χ1v) is 8.85. The van der Waals surface area contributed by atoms with Gasteiger partial charge in [-0.1, -0.05) is 36.4 Å². The van der Waals surface area contributed by atoms with Crippen LogP contribution in [0.5, 0.6) is 0 Å². The summed E-state index contributed by atoms with van der Waals surface area (Å²) < 4.78 is 0. The van der Waals surface area contributed by atoms with Crippen molar-refractivity contribution in [3.63, 3.8) is 0 Å². The summed E-state index contributed by atoms with van der Waals surface area (Å²) in [5.41, 5.74) is 1.54. The summed E-state index contributed by atoms with van der Waals surface area (Å²) in [6, 6.07) is 17.7. The van der Waals surface area contributed by atoms with Crippen molar-refractivity contribution in [2.45, 2.75) is 0 Å². The van der Waals surface area contributed by atoms with Gasteiger partial charge in [0.1, 0.15) is 0 Å². The van der Waals surface area contributed by atoms with Gasteiger partial charge in [0.15, 0.2) is 5.13 Å². The lowest BCUT2D eigenvalue weighted by Crippen LogP contribution is -2.11. The number of thiazole rings is 1. The lowest BCUT2D eigenvalue weighted by Gasteiger charge is -2.03. The van der Waals surface area contributed by atoms with Gasteiger partial charge in [0, 0.05) is 10.9 Å². The predicted molar refractivity (Wildman–Crippen MR) is 97.3 cm³/mol. The number of carbonyl (C=O) groups is 1. The lowest BCUT2D eigenvalue weighted by atomic mass is 10.1. The van der Waals surface area contributed by atoms with E-state index in [0.717, 1.165) is 21.3 Å². The zero-order valence-electron chi connectivity index (χ0n) is 12.0. The van der Waals surface area contributed by atoms with Crippen molar-refractivity contribution in [3.05, 3.63) is 70.9 Å². The number of rotatable bonds is 3. The van der Waals surface area contributed by atoms with E-state index in [9.17, 15) is 4.79 Å². The highest BCUT2D eigenvalue weighted by atomic mass is 32.1. The predicted octanol–water partition coefficient (Wildman–Crippen LogP) is 5.28. The van der Waals surface area contributed by atoms with Crippen LogP contribution in [0.25, 0.3) is 21.3 Å². The molecule has 1 N–H and O–H groups in total. The minimum absolute atomic E-state index is 0.136. The SMILES string of the molecule is O=C(Nc1nc(-c2cccs2)cs1)c1ccc2ccccc2c1.